The lowest BCUT2D eigenvalue weighted by molar-refractivity contribution is 0.131. The SMILES string of the molecule is O=C(N1CCN(c2ccccn2)CC1)N1CCOCc2cc(Cl)ccc21. The number of piperazine rings is 1. The van der Waals surface area contributed by atoms with E-state index >= 15 is 0 Å². The van der Waals surface area contributed by atoms with Crippen LogP contribution in [-0.4, -0.2) is 55.2 Å². The molecule has 1 aromatic heterocycles. The van der Waals surface area contributed by atoms with Crippen molar-refractivity contribution < 1.29 is 9.53 Å². The second-order valence-electron chi connectivity index (χ2n) is 6.42. The molecule has 2 aliphatic heterocycles. The van der Waals surface area contributed by atoms with Crippen LogP contribution in [0.5, 0.6) is 0 Å². The molecule has 0 bridgehead atoms. The van der Waals surface area contributed by atoms with Crippen LogP contribution >= 0.6 is 11.6 Å². The van der Waals surface area contributed by atoms with Gasteiger partial charge in [-0.15, -0.1) is 0 Å². The van der Waals surface area contributed by atoms with Gasteiger partial charge in [0.2, 0.25) is 0 Å². The number of anilines is 2. The molecule has 26 heavy (non-hydrogen) atoms. The number of hydrogen-bond donors (Lipinski definition) is 0. The summed E-state index contributed by atoms with van der Waals surface area (Å²) >= 11 is 6.10. The van der Waals surface area contributed by atoms with Crippen molar-refractivity contribution in [2.24, 2.45) is 0 Å². The lowest BCUT2D eigenvalue weighted by Crippen LogP contribution is -2.53. The largest absolute Gasteiger partial charge is 0.375 e. The summed E-state index contributed by atoms with van der Waals surface area (Å²) in [6.45, 7) is 4.46. The van der Waals surface area contributed by atoms with Crippen molar-refractivity contribution in [2.75, 3.05) is 49.1 Å². The summed E-state index contributed by atoms with van der Waals surface area (Å²) in [7, 11) is 0. The number of urea groups is 1. The first-order valence-corrected chi connectivity index (χ1v) is 9.19. The molecule has 7 heteroatoms. The molecule has 1 saturated heterocycles. The number of amides is 2. The molecule has 0 spiro atoms. The summed E-state index contributed by atoms with van der Waals surface area (Å²) in [4.78, 5) is 23.5. The molecule has 0 radical (unpaired) electrons. The smallest absolute Gasteiger partial charge is 0.324 e. The van der Waals surface area contributed by atoms with Crippen LogP contribution in [-0.2, 0) is 11.3 Å². The zero-order valence-electron chi connectivity index (χ0n) is 14.5. The molecule has 3 heterocycles. The standard InChI is InChI=1S/C19H21ClN4O2/c20-16-4-5-17-15(13-16)14-26-12-11-24(17)19(25)23-9-7-22(8-10-23)18-3-1-2-6-21-18/h1-6,13H,7-12,14H2. The van der Waals surface area contributed by atoms with E-state index in [1.54, 1.807) is 6.20 Å². The minimum atomic E-state index is 0.0275. The first-order valence-electron chi connectivity index (χ1n) is 8.81. The van der Waals surface area contributed by atoms with Crippen LogP contribution < -0.4 is 9.80 Å². The summed E-state index contributed by atoms with van der Waals surface area (Å²) in [5.74, 6) is 0.961. The zero-order chi connectivity index (χ0) is 17.9. The van der Waals surface area contributed by atoms with E-state index in [0.29, 0.717) is 37.9 Å². The second-order valence-corrected chi connectivity index (χ2v) is 6.86. The quantitative estimate of drug-likeness (QED) is 0.772. The van der Waals surface area contributed by atoms with E-state index in [9.17, 15) is 4.79 Å². The summed E-state index contributed by atoms with van der Waals surface area (Å²) in [6.07, 6.45) is 1.80. The van der Waals surface area contributed by atoms with Crippen molar-refractivity contribution in [1.29, 1.82) is 0 Å². The molecule has 2 amide bonds. The monoisotopic (exact) mass is 372 g/mol. The third-order valence-corrected chi connectivity index (χ3v) is 5.04. The lowest BCUT2D eigenvalue weighted by Gasteiger charge is -2.38. The molecule has 2 aliphatic rings. The number of rotatable bonds is 1. The highest BCUT2D eigenvalue weighted by molar-refractivity contribution is 6.30. The van der Waals surface area contributed by atoms with Crippen LogP contribution in [0.1, 0.15) is 5.56 Å². The van der Waals surface area contributed by atoms with Gasteiger partial charge in [-0.25, -0.2) is 9.78 Å². The Kier molecular flexibility index (Phi) is 4.95. The van der Waals surface area contributed by atoms with Gasteiger partial charge in [-0.05, 0) is 30.3 Å². The highest BCUT2D eigenvalue weighted by Crippen LogP contribution is 2.28. The van der Waals surface area contributed by atoms with E-state index in [0.717, 1.165) is 30.2 Å². The average molecular weight is 373 g/mol. The van der Waals surface area contributed by atoms with Crippen LogP contribution in [0.3, 0.4) is 0 Å². The minimum absolute atomic E-state index is 0.0275. The number of carbonyl (C=O) groups excluding carboxylic acids is 1. The lowest BCUT2D eigenvalue weighted by atomic mass is 10.1. The van der Waals surface area contributed by atoms with Gasteiger partial charge in [0.1, 0.15) is 5.82 Å². The number of aromatic nitrogens is 1. The van der Waals surface area contributed by atoms with Gasteiger partial charge < -0.3 is 14.5 Å². The first-order chi connectivity index (χ1) is 12.7. The Balaban J connectivity index is 1.47. The number of fused-ring (bicyclic) bond motifs is 1. The van der Waals surface area contributed by atoms with Gasteiger partial charge in [0.05, 0.1) is 25.4 Å². The van der Waals surface area contributed by atoms with Gasteiger partial charge >= 0.3 is 6.03 Å². The van der Waals surface area contributed by atoms with E-state index in [4.69, 9.17) is 16.3 Å². The second kappa shape index (κ2) is 7.51. The number of ether oxygens (including phenoxy) is 1. The molecule has 0 saturated carbocycles. The van der Waals surface area contributed by atoms with Gasteiger partial charge in [-0.3, -0.25) is 4.90 Å². The summed E-state index contributed by atoms with van der Waals surface area (Å²) in [6, 6.07) is 11.5. The molecular formula is C19H21ClN4O2. The molecule has 0 N–H and O–H groups in total. The molecule has 1 fully saturated rings. The first kappa shape index (κ1) is 17.1. The Hall–Kier alpha value is -2.31. The fourth-order valence-corrected chi connectivity index (χ4v) is 3.62. The zero-order valence-corrected chi connectivity index (χ0v) is 15.2. The molecule has 0 aliphatic carbocycles. The van der Waals surface area contributed by atoms with Crippen molar-refractivity contribution in [3.8, 4) is 0 Å². The Morgan fingerprint density at radius 2 is 1.92 bits per heavy atom. The topological polar surface area (TPSA) is 48.9 Å². The van der Waals surface area contributed by atoms with Crippen LogP contribution in [0, 0.1) is 0 Å². The fourth-order valence-electron chi connectivity index (χ4n) is 3.43. The van der Waals surface area contributed by atoms with E-state index in [1.807, 2.05) is 46.2 Å². The van der Waals surface area contributed by atoms with Crippen molar-refractivity contribution >= 4 is 29.1 Å². The summed E-state index contributed by atoms with van der Waals surface area (Å²) in [5, 5.41) is 0.658. The van der Waals surface area contributed by atoms with Crippen LogP contribution in [0.4, 0.5) is 16.3 Å². The molecular weight excluding hydrogens is 352 g/mol. The highest BCUT2D eigenvalue weighted by Gasteiger charge is 2.28. The summed E-state index contributed by atoms with van der Waals surface area (Å²) < 4.78 is 5.63. The maximum absolute atomic E-state index is 13.1. The molecule has 4 rings (SSSR count). The molecule has 136 valence electrons. The maximum Gasteiger partial charge on any atom is 0.324 e. The number of pyridine rings is 1. The fraction of sp³-hybridized carbons (Fsp3) is 0.368. The van der Waals surface area contributed by atoms with Crippen molar-refractivity contribution in [1.82, 2.24) is 9.88 Å². The minimum Gasteiger partial charge on any atom is -0.375 e. The van der Waals surface area contributed by atoms with E-state index in [-0.39, 0.29) is 6.03 Å². The maximum atomic E-state index is 13.1. The highest BCUT2D eigenvalue weighted by atomic mass is 35.5. The number of benzene rings is 1. The molecule has 6 nitrogen and oxygen atoms in total. The normalized spacial score (nSPS) is 17.7. The average Bonchev–Trinajstić information content (AvgIpc) is 2.90. The Bertz CT molecular complexity index is 778. The van der Waals surface area contributed by atoms with Gasteiger partial charge in [0, 0.05) is 43.0 Å². The number of nitrogens with zero attached hydrogens (tertiary/aromatic N) is 4. The van der Waals surface area contributed by atoms with E-state index < -0.39 is 0 Å². The number of hydrogen-bond acceptors (Lipinski definition) is 4. The molecule has 1 aromatic carbocycles. The van der Waals surface area contributed by atoms with Crippen LogP contribution in [0.25, 0.3) is 0 Å². The number of halogens is 1. The van der Waals surface area contributed by atoms with E-state index in [2.05, 4.69) is 9.88 Å². The van der Waals surface area contributed by atoms with E-state index in [1.165, 1.54) is 0 Å². The molecule has 0 atom stereocenters. The Morgan fingerprint density at radius 1 is 1.08 bits per heavy atom. The predicted octanol–water partition coefficient (Wildman–Crippen LogP) is 3.01. The Morgan fingerprint density at radius 3 is 2.69 bits per heavy atom. The predicted molar refractivity (Wildman–Crippen MR) is 102 cm³/mol. The van der Waals surface area contributed by atoms with Gasteiger partial charge in [0.15, 0.2) is 0 Å². The third kappa shape index (κ3) is 3.48. The van der Waals surface area contributed by atoms with Crippen LogP contribution in [0.2, 0.25) is 5.02 Å². The van der Waals surface area contributed by atoms with Crippen LogP contribution in [0.15, 0.2) is 42.6 Å². The summed E-state index contributed by atoms with van der Waals surface area (Å²) in [5.41, 5.74) is 1.85. The molecule has 0 unspecified atom stereocenters. The third-order valence-electron chi connectivity index (χ3n) is 4.80. The number of carbonyl (C=O) groups is 1. The van der Waals surface area contributed by atoms with Crippen molar-refractivity contribution in [3.05, 3.63) is 53.2 Å². The van der Waals surface area contributed by atoms with Gasteiger partial charge in [0.25, 0.3) is 0 Å². The van der Waals surface area contributed by atoms with Gasteiger partial charge in [-0.2, -0.15) is 0 Å². The van der Waals surface area contributed by atoms with Crippen molar-refractivity contribution in [3.63, 3.8) is 0 Å². The molecule has 2 aromatic rings. The van der Waals surface area contributed by atoms with Crippen molar-refractivity contribution in [2.45, 2.75) is 6.61 Å². The Labute approximate surface area is 157 Å². The van der Waals surface area contributed by atoms with Gasteiger partial charge in [-0.1, -0.05) is 17.7 Å².